The van der Waals surface area contributed by atoms with E-state index in [0.717, 1.165) is 18.7 Å². The van der Waals surface area contributed by atoms with E-state index in [-0.39, 0.29) is 11.6 Å². The maximum atomic E-state index is 12.3. The molecule has 0 saturated heterocycles. The molecule has 0 aliphatic rings. The minimum Gasteiger partial charge on any atom is -0.468 e. The number of aryl methyl sites for hydroxylation is 1. The molecular formula is C13H20N4O3S. The number of furan rings is 1. The van der Waals surface area contributed by atoms with E-state index in [1.807, 2.05) is 6.92 Å². The number of nitrogens with zero attached hydrogens (tertiary/aromatic N) is 1. The highest BCUT2D eigenvalue weighted by Gasteiger charge is 2.23. The van der Waals surface area contributed by atoms with E-state index in [9.17, 15) is 8.42 Å². The van der Waals surface area contributed by atoms with Crippen molar-refractivity contribution in [1.29, 1.82) is 0 Å². The molecular weight excluding hydrogens is 292 g/mol. The van der Waals surface area contributed by atoms with Gasteiger partial charge in [0.05, 0.1) is 12.8 Å². The minimum atomic E-state index is -3.68. The molecule has 0 aliphatic heterocycles. The first-order valence-electron chi connectivity index (χ1n) is 6.81. The van der Waals surface area contributed by atoms with Crippen LogP contribution in [0, 0.1) is 6.92 Å². The van der Waals surface area contributed by atoms with Gasteiger partial charge >= 0.3 is 0 Å². The van der Waals surface area contributed by atoms with Gasteiger partial charge in [0.1, 0.15) is 5.76 Å². The number of aromatic amines is 1. The first-order chi connectivity index (χ1) is 10.0. The molecule has 0 radical (unpaired) electrons. The van der Waals surface area contributed by atoms with Gasteiger partial charge in [0, 0.05) is 17.8 Å². The van der Waals surface area contributed by atoms with Crippen molar-refractivity contribution in [2.45, 2.75) is 38.4 Å². The molecule has 0 fully saturated rings. The number of H-pyrrole nitrogens is 1. The molecule has 0 bridgehead atoms. The Morgan fingerprint density at radius 2 is 2.19 bits per heavy atom. The average Bonchev–Trinajstić information content (AvgIpc) is 3.08. The molecule has 2 aromatic heterocycles. The van der Waals surface area contributed by atoms with Crippen LogP contribution in [0.25, 0.3) is 0 Å². The monoisotopic (exact) mass is 312 g/mol. The van der Waals surface area contributed by atoms with E-state index >= 15 is 0 Å². The Kier molecular flexibility index (Phi) is 5.16. The first-order valence-corrected chi connectivity index (χ1v) is 8.29. The van der Waals surface area contributed by atoms with E-state index in [2.05, 4.69) is 27.2 Å². The Hall–Kier alpha value is -1.64. The maximum absolute atomic E-state index is 12.3. The summed E-state index contributed by atoms with van der Waals surface area (Å²) in [5.74, 6) is 0.552. The number of aromatic nitrogens is 2. The largest absolute Gasteiger partial charge is 0.468 e. The van der Waals surface area contributed by atoms with Crippen LogP contribution >= 0.6 is 0 Å². The zero-order chi connectivity index (χ0) is 15.3. The molecule has 2 heterocycles. The van der Waals surface area contributed by atoms with Gasteiger partial charge in [0.25, 0.3) is 10.0 Å². The number of hydrogen-bond acceptors (Lipinski definition) is 5. The van der Waals surface area contributed by atoms with Crippen molar-refractivity contribution in [1.82, 2.24) is 20.2 Å². The van der Waals surface area contributed by atoms with Crippen molar-refractivity contribution >= 4 is 10.0 Å². The van der Waals surface area contributed by atoms with E-state index < -0.39 is 10.0 Å². The zero-order valence-corrected chi connectivity index (χ0v) is 13.0. The van der Waals surface area contributed by atoms with E-state index in [1.54, 1.807) is 12.1 Å². The van der Waals surface area contributed by atoms with Crippen molar-refractivity contribution < 1.29 is 12.8 Å². The Balaban J connectivity index is 2.11. The second-order valence-corrected chi connectivity index (χ2v) is 6.40. The van der Waals surface area contributed by atoms with Crippen LogP contribution in [-0.4, -0.2) is 25.2 Å². The molecule has 7 nitrogen and oxygen atoms in total. The summed E-state index contributed by atoms with van der Waals surface area (Å²) in [6.45, 7) is 5.25. The van der Waals surface area contributed by atoms with E-state index in [1.165, 1.54) is 6.26 Å². The van der Waals surface area contributed by atoms with Crippen molar-refractivity contribution in [3.05, 3.63) is 35.4 Å². The molecule has 0 spiro atoms. The van der Waals surface area contributed by atoms with Crippen LogP contribution in [0.3, 0.4) is 0 Å². The fraction of sp³-hybridized carbons (Fsp3) is 0.462. The van der Waals surface area contributed by atoms with Crippen LogP contribution in [0.4, 0.5) is 0 Å². The summed E-state index contributed by atoms with van der Waals surface area (Å²) in [7, 11) is -3.68. The molecule has 0 amide bonds. The third kappa shape index (κ3) is 3.93. The van der Waals surface area contributed by atoms with Gasteiger partial charge < -0.3 is 9.73 Å². The van der Waals surface area contributed by atoms with Crippen molar-refractivity contribution in [2.24, 2.45) is 0 Å². The van der Waals surface area contributed by atoms with Crippen LogP contribution in [0.1, 0.15) is 30.4 Å². The van der Waals surface area contributed by atoms with Gasteiger partial charge in [-0.25, -0.2) is 13.1 Å². The highest BCUT2D eigenvalue weighted by atomic mass is 32.2. The van der Waals surface area contributed by atoms with Crippen LogP contribution < -0.4 is 10.0 Å². The summed E-state index contributed by atoms with van der Waals surface area (Å²) < 4.78 is 32.3. The Bertz CT molecular complexity index is 662. The van der Waals surface area contributed by atoms with Gasteiger partial charge in [-0.1, -0.05) is 6.92 Å². The molecule has 0 unspecified atom stereocenters. The zero-order valence-electron chi connectivity index (χ0n) is 12.1. The van der Waals surface area contributed by atoms with Crippen molar-refractivity contribution in [3.63, 3.8) is 0 Å². The molecule has 3 N–H and O–H groups in total. The predicted octanol–water partition coefficient (Wildman–Crippen LogP) is 1.29. The predicted molar refractivity (Wildman–Crippen MR) is 78.1 cm³/mol. The summed E-state index contributed by atoms with van der Waals surface area (Å²) in [6, 6.07) is 3.42. The topological polar surface area (TPSA) is 100 Å². The molecule has 2 aromatic rings. The molecule has 0 atom stereocenters. The number of rotatable bonds is 8. The minimum absolute atomic E-state index is 0.0372. The molecule has 0 saturated carbocycles. The van der Waals surface area contributed by atoms with Crippen LogP contribution in [-0.2, 0) is 23.1 Å². The van der Waals surface area contributed by atoms with E-state index in [4.69, 9.17) is 4.42 Å². The smallest absolute Gasteiger partial charge is 0.260 e. The lowest BCUT2D eigenvalue weighted by atomic mass is 10.2. The average molecular weight is 312 g/mol. The molecule has 0 aliphatic carbocycles. The summed E-state index contributed by atoms with van der Waals surface area (Å²) in [6.07, 6.45) is 2.48. The Morgan fingerprint density at radius 1 is 1.38 bits per heavy atom. The van der Waals surface area contributed by atoms with Crippen molar-refractivity contribution in [3.8, 4) is 0 Å². The Labute approximate surface area is 124 Å². The highest BCUT2D eigenvalue weighted by molar-refractivity contribution is 7.89. The summed E-state index contributed by atoms with van der Waals surface area (Å²) >= 11 is 0. The van der Waals surface area contributed by atoms with E-state index in [0.29, 0.717) is 17.9 Å². The Morgan fingerprint density at radius 3 is 2.86 bits per heavy atom. The highest BCUT2D eigenvalue weighted by Crippen LogP contribution is 2.16. The third-order valence-electron chi connectivity index (χ3n) is 3.04. The number of hydrogen-bond donors (Lipinski definition) is 3. The van der Waals surface area contributed by atoms with Gasteiger partial charge in [-0.05, 0) is 32.0 Å². The lowest BCUT2D eigenvalue weighted by Crippen LogP contribution is -2.25. The normalized spacial score (nSPS) is 11.9. The first kappa shape index (κ1) is 15.7. The molecule has 2 rings (SSSR count). The summed E-state index contributed by atoms with van der Waals surface area (Å²) in [5.41, 5.74) is 1.41. The van der Waals surface area contributed by atoms with Gasteiger partial charge in [-0.15, -0.1) is 0 Å². The third-order valence-corrected chi connectivity index (χ3v) is 4.41. The van der Waals surface area contributed by atoms with Gasteiger partial charge in [0.2, 0.25) is 0 Å². The number of nitrogens with one attached hydrogen (secondary N) is 3. The van der Waals surface area contributed by atoms with Crippen molar-refractivity contribution in [2.75, 3.05) is 6.54 Å². The van der Waals surface area contributed by atoms with Crippen LogP contribution in [0.15, 0.2) is 27.8 Å². The maximum Gasteiger partial charge on any atom is 0.260 e. The number of sulfonamides is 1. The lowest BCUT2D eigenvalue weighted by Gasteiger charge is -2.07. The fourth-order valence-corrected chi connectivity index (χ4v) is 3.08. The summed E-state index contributed by atoms with van der Waals surface area (Å²) in [4.78, 5) is 0. The summed E-state index contributed by atoms with van der Waals surface area (Å²) in [5, 5.41) is 9.88. The second-order valence-electron chi connectivity index (χ2n) is 4.71. The second kappa shape index (κ2) is 6.88. The van der Waals surface area contributed by atoms with Crippen LogP contribution in [0.5, 0.6) is 0 Å². The molecule has 21 heavy (non-hydrogen) atoms. The standard InChI is InChI=1S/C13H20N4O3S/c1-3-6-14-9-12-10(2)16-17-13(12)21(18,19)15-8-11-5-4-7-20-11/h4-5,7,14-15H,3,6,8-9H2,1-2H3,(H,16,17). The molecule has 116 valence electrons. The van der Waals surface area contributed by atoms with Gasteiger partial charge in [-0.3, -0.25) is 5.10 Å². The van der Waals surface area contributed by atoms with Crippen LogP contribution in [0.2, 0.25) is 0 Å². The molecule has 8 heteroatoms. The fourth-order valence-electron chi connectivity index (χ4n) is 1.90. The SMILES string of the molecule is CCCNCc1c(S(=O)(=O)NCc2ccco2)n[nH]c1C. The van der Waals surface area contributed by atoms with Gasteiger partial charge in [-0.2, -0.15) is 5.10 Å². The quantitative estimate of drug-likeness (QED) is 0.638. The lowest BCUT2D eigenvalue weighted by molar-refractivity contribution is 0.497. The van der Waals surface area contributed by atoms with Gasteiger partial charge in [0.15, 0.2) is 5.03 Å². The molecule has 0 aromatic carbocycles.